The van der Waals surface area contributed by atoms with Gasteiger partial charge in [0.15, 0.2) is 6.10 Å². The van der Waals surface area contributed by atoms with E-state index < -0.39 is 18.2 Å². The van der Waals surface area contributed by atoms with Crippen molar-refractivity contribution in [3.8, 4) is 12.8 Å². The fraction of sp³-hybridized carbons (Fsp3) is 0.727. The van der Waals surface area contributed by atoms with Gasteiger partial charge in [0.25, 0.3) is 0 Å². The molecule has 1 heterocycles. The third kappa shape index (κ3) is 4.32. The van der Waals surface area contributed by atoms with E-state index >= 15 is 0 Å². The van der Waals surface area contributed by atoms with Crippen LogP contribution in [0.4, 0.5) is 0 Å². The molecule has 86 valence electrons. The first kappa shape index (κ1) is 13.9. The number of terminal acetylenes is 1. The van der Waals surface area contributed by atoms with Crippen molar-refractivity contribution >= 4 is 5.97 Å². The van der Waals surface area contributed by atoms with Gasteiger partial charge in [0.2, 0.25) is 0 Å². The molecule has 4 heteroatoms. The highest BCUT2D eigenvalue weighted by atomic mass is 16.5. The molecule has 0 saturated carbocycles. The van der Waals surface area contributed by atoms with Crippen LogP contribution in [0.1, 0.15) is 26.7 Å². The van der Waals surface area contributed by atoms with E-state index in [0.29, 0.717) is 6.42 Å². The minimum Gasteiger partial charge on any atom is -0.479 e. The molecular weight excluding hydrogens is 196 g/mol. The summed E-state index contributed by atoms with van der Waals surface area (Å²) in [7, 11) is 0. The Morgan fingerprint density at radius 3 is 2.33 bits per heavy atom. The number of rotatable bonds is 2. The standard InChI is InChI=1S/C9H16O4.C2H2/c1-5(2)7-3-6(10)4-8(13-7)9(11)12;1-2/h5-8,10H,3-4H2,1-2H3,(H,11,12);1-2H/t6?,7?,8-;/m0./s1. The van der Waals surface area contributed by atoms with Gasteiger partial charge in [-0.15, -0.1) is 12.8 Å². The van der Waals surface area contributed by atoms with Crippen molar-refractivity contribution in [3.05, 3.63) is 0 Å². The van der Waals surface area contributed by atoms with E-state index in [2.05, 4.69) is 12.8 Å². The zero-order valence-corrected chi connectivity index (χ0v) is 9.09. The van der Waals surface area contributed by atoms with Gasteiger partial charge in [-0.3, -0.25) is 0 Å². The minimum atomic E-state index is -0.982. The highest BCUT2D eigenvalue weighted by Gasteiger charge is 2.33. The number of ether oxygens (including phenoxy) is 1. The average Bonchev–Trinajstić information content (AvgIpc) is 2.19. The number of hydrogen-bond acceptors (Lipinski definition) is 3. The Balaban J connectivity index is 0.000000921. The summed E-state index contributed by atoms with van der Waals surface area (Å²) in [4.78, 5) is 10.6. The smallest absolute Gasteiger partial charge is 0.332 e. The molecule has 0 aromatic heterocycles. The second kappa shape index (κ2) is 6.44. The van der Waals surface area contributed by atoms with Crippen LogP contribution in [0.25, 0.3) is 0 Å². The van der Waals surface area contributed by atoms with Crippen molar-refractivity contribution in [2.75, 3.05) is 0 Å². The molecule has 2 unspecified atom stereocenters. The minimum absolute atomic E-state index is 0.134. The van der Waals surface area contributed by atoms with Crippen LogP contribution in [-0.4, -0.2) is 34.5 Å². The molecule has 2 N–H and O–H groups in total. The van der Waals surface area contributed by atoms with Gasteiger partial charge in [0.05, 0.1) is 12.2 Å². The maximum Gasteiger partial charge on any atom is 0.332 e. The van der Waals surface area contributed by atoms with E-state index in [1.54, 1.807) is 0 Å². The molecule has 0 aromatic rings. The third-order valence-electron chi connectivity index (χ3n) is 2.35. The molecule has 1 aliphatic heterocycles. The third-order valence-corrected chi connectivity index (χ3v) is 2.35. The second-order valence-electron chi connectivity index (χ2n) is 3.87. The molecule has 0 radical (unpaired) electrons. The Hall–Kier alpha value is -1.05. The molecule has 0 aliphatic carbocycles. The molecule has 4 nitrogen and oxygen atoms in total. The van der Waals surface area contributed by atoms with E-state index in [1.165, 1.54) is 0 Å². The first-order valence-electron chi connectivity index (χ1n) is 4.90. The number of carbonyl (C=O) groups is 1. The summed E-state index contributed by atoms with van der Waals surface area (Å²) in [5, 5.41) is 18.1. The predicted octanol–water partition coefficient (Wildman–Crippen LogP) is 0.885. The predicted molar refractivity (Wildman–Crippen MR) is 56.3 cm³/mol. The summed E-state index contributed by atoms with van der Waals surface area (Å²) in [6.45, 7) is 3.92. The number of carboxylic acids is 1. The summed E-state index contributed by atoms with van der Waals surface area (Å²) in [5.74, 6) is -0.735. The lowest BCUT2D eigenvalue weighted by atomic mass is 9.94. The lowest BCUT2D eigenvalue weighted by Crippen LogP contribution is -2.42. The van der Waals surface area contributed by atoms with Gasteiger partial charge in [0.1, 0.15) is 0 Å². The molecule has 0 amide bonds. The monoisotopic (exact) mass is 214 g/mol. The Bertz CT molecular complexity index is 222. The van der Waals surface area contributed by atoms with E-state index in [4.69, 9.17) is 9.84 Å². The maximum absolute atomic E-state index is 10.6. The maximum atomic E-state index is 10.6. The Labute approximate surface area is 90.3 Å². The van der Waals surface area contributed by atoms with Crippen molar-refractivity contribution < 1.29 is 19.7 Å². The normalized spacial score (nSPS) is 30.4. The molecule has 15 heavy (non-hydrogen) atoms. The summed E-state index contributed by atoms with van der Waals surface area (Å²) in [6.07, 6.45) is 7.24. The Kier molecular flexibility index (Phi) is 5.99. The number of aliphatic hydroxyl groups excluding tert-OH is 1. The highest BCUT2D eigenvalue weighted by Crippen LogP contribution is 2.24. The molecule has 1 aliphatic rings. The summed E-state index contributed by atoms with van der Waals surface area (Å²) in [5.41, 5.74) is 0. The van der Waals surface area contributed by atoms with Gasteiger partial charge < -0.3 is 14.9 Å². The Morgan fingerprint density at radius 1 is 1.40 bits per heavy atom. The quantitative estimate of drug-likeness (QED) is 0.670. The SMILES string of the molecule is C#C.CC(C)C1CC(O)C[C@@H](C(=O)O)O1. The molecule has 3 atom stereocenters. The van der Waals surface area contributed by atoms with Crippen molar-refractivity contribution in [3.63, 3.8) is 0 Å². The van der Waals surface area contributed by atoms with Crippen molar-refractivity contribution in [2.24, 2.45) is 5.92 Å². The number of carboxylic acid groups (broad SMARTS) is 1. The zero-order valence-electron chi connectivity index (χ0n) is 9.09. The molecular formula is C11H18O4. The van der Waals surface area contributed by atoms with Crippen LogP contribution in [0.3, 0.4) is 0 Å². The fourth-order valence-electron chi connectivity index (χ4n) is 1.52. The van der Waals surface area contributed by atoms with Crippen LogP contribution in [-0.2, 0) is 9.53 Å². The summed E-state index contributed by atoms with van der Waals surface area (Å²) in [6, 6.07) is 0. The largest absolute Gasteiger partial charge is 0.479 e. The van der Waals surface area contributed by atoms with E-state index in [9.17, 15) is 9.90 Å². The second-order valence-corrected chi connectivity index (χ2v) is 3.87. The topological polar surface area (TPSA) is 66.8 Å². The van der Waals surface area contributed by atoms with Crippen LogP contribution in [0.2, 0.25) is 0 Å². The number of aliphatic hydroxyl groups is 1. The van der Waals surface area contributed by atoms with E-state index in [0.717, 1.165) is 0 Å². The number of aliphatic carboxylic acids is 1. The zero-order chi connectivity index (χ0) is 12.0. The highest BCUT2D eigenvalue weighted by molar-refractivity contribution is 5.72. The van der Waals surface area contributed by atoms with Crippen LogP contribution < -0.4 is 0 Å². The Morgan fingerprint density at radius 2 is 1.93 bits per heavy atom. The van der Waals surface area contributed by atoms with E-state index in [1.807, 2.05) is 13.8 Å². The van der Waals surface area contributed by atoms with Gasteiger partial charge in [-0.25, -0.2) is 4.79 Å². The van der Waals surface area contributed by atoms with Crippen LogP contribution >= 0.6 is 0 Å². The van der Waals surface area contributed by atoms with Crippen LogP contribution in [0, 0.1) is 18.8 Å². The van der Waals surface area contributed by atoms with E-state index in [-0.39, 0.29) is 18.4 Å². The van der Waals surface area contributed by atoms with Crippen molar-refractivity contribution in [1.29, 1.82) is 0 Å². The molecule has 1 rings (SSSR count). The first-order chi connectivity index (χ1) is 7.00. The number of hydrogen-bond donors (Lipinski definition) is 2. The summed E-state index contributed by atoms with van der Waals surface area (Å²) < 4.78 is 5.32. The molecule has 0 spiro atoms. The molecule has 0 aromatic carbocycles. The van der Waals surface area contributed by atoms with Crippen molar-refractivity contribution in [1.82, 2.24) is 0 Å². The molecule has 1 fully saturated rings. The van der Waals surface area contributed by atoms with Gasteiger partial charge in [-0.1, -0.05) is 13.8 Å². The fourth-order valence-corrected chi connectivity index (χ4v) is 1.52. The summed E-state index contributed by atoms with van der Waals surface area (Å²) >= 11 is 0. The van der Waals surface area contributed by atoms with Crippen LogP contribution in [0.5, 0.6) is 0 Å². The first-order valence-corrected chi connectivity index (χ1v) is 4.90. The lowest BCUT2D eigenvalue weighted by Gasteiger charge is -2.33. The van der Waals surface area contributed by atoms with Crippen LogP contribution in [0.15, 0.2) is 0 Å². The lowest BCUT2D eigenvalue weighted by molar-refractivity contribution is -0.169. The van der Waals surface area contributed by atoms with Gasteiger partial charge in [0, 0.05) is 6.42 Å². The average molecular weight is 214 g/mol. The van der Waals surface area contributed by atoms with Crippen molar-refractivity contribution in [2.45, 2.75) is 45.0 Å². The molecule has 1 saturated heterocycles. The van der Waals surface area contributed by atoms with Gasteiger partial charge in [-0.2, -0.15) is 0 Å². The molecule has 0 bridgehead atoms. The van der Waals surface area contributed by atoms with Gasteiger partial charge in [-0.05, 0) is 12.3 Å². The van der Waals surface area contributed by atoms with Gasteiger partial charge >= 0.3 is 5.97 Å².